The largest absolute Gasteiger partial charge is 0.488 e. The Morgan fingerprint density at radius 2 is 1.78 bits per heavy atom. The van der Waals surface area contributed by atoms with Gasteiger partial charge in [0.15, 0.2) is 0 Å². The van der Waals surface area contributed by atoms with Crippen LogP contribution in [0.2, 0.25) is 0 Å². The van der Waals surface area contributed by atoms with Crippen LogP contribution in [0.3, 0.4) is 0 Å². The van der Waals surface area contributed by atoms with Crippen LogP contribution in [0.5, 0.6) is 5.75 Å². The molecule has 1 saturated heterocycles. The molecular weight excluding hydrogens is 290 g/mol. The molecule has 120 valence electrons. The van der Waals surface area contributed by atoms with Crippen LogP contribution in [-0.2, 0) is 9.53 Å². The van der Waals surface area contributed by atoms with Crippen molar-refractivity contribution in [3.05, 3.63) is 65.7 Å². The van der Waals surface area contributed by atoms with Crippen molar-refractivity contribution < 1.29 is 14.3 Å². The maximum Gasteiger partial charge on any atom is 0.246 e. The first-order valence-corrected chi connectivity index (χ1v) is 7.86. The summed E-state index contributed by atoms with van der Waals surface area (Å²) in [4.78, 5) is 11.1. The van der Waals surface area contributed by atoms with E-state index >= 15 is 0 Å². The first-order chi connectivity index (χ1) is 11.1. The van der Waals surface area contributed by atoms with Crippen LogP contribution in [0.1, 0.15) is 30.4 Å². The molecule has 2 aromatic rings. The summed E-state index contributed by atoms with van der Waals surface area (Å²) in [6.07, 6.45) is -0.139. The third-order valence-electron chi connectivity index (χ3n) is 4.26. The fourth-order valence-corrected chi connectivity index (χ4v) is 2.84. The van der Waals surface area contributed by atoms with E-state index in [0.717, 1.165) is 5.75 Å². The van der Waals surface area contributed by atoms with Gasteiger partial charge in [-0.2, -0.15) is 0 Å². The van der Waals surface area contributed by atoms with Crippen molar-refractivity contribution in [3.8, 4) is 5.75 Å². The quantitative estimate of drug-likeness (QED) is 0.923. The number of benzene rings is 2. The molecule has 3 rings (SSSR count). The molecule has 1 aliphatic heterocycles. The number of carbonyl (C=O) groups is 1. The van der Waals surface area contributed by atoms with Crippen LogP contribution >= 0.6 is 0 Å². The molecule has 3 unspecified atom stereocenters. The van der Waals surface area contributed by atoms with E-state index in [-0.39, 0.29) is 6.10 Å². The Hall–Kier alpha value is -2.33. The second-order valence-electron chi connectivity index (χ2n) is 5.90. The van der Waals surface area contributed by atoms with E-state index < -0.39 is 12.0 Å². The second kappa shape index (κ2) is 6.84. The summed E-state index contributed by atoms with van der Waals surface area (Å²) >= 11 is 0. The molecule has 0 radical (unpaired) electrons. The lowest BCUT2D eigenvalue weighted by Gasteiger charge is -2.15. The van der Waals surface area contributed by atoms with Crippen LogP contribution in [-0.4, -0.2) is 24.7 Å². The van der Waals surface area contributed by atoms with E-state index in [0.29, 0.717) is 18.9 Å². The summed E-state index contributed by atoms with van der Waals surface area (Å²) in [7, 11) is 0. The van der Waals surface area contributed by atoms with Gasteiger partial charge in [0.2, 0.25) is 5.91 Å². The number of carbonyl (C=O) groups excluding carboxylic acids is 1. The Kier molecular flexibility index (Phi) is 4.63. The minimum Gasteiger partial charge on any atom is -0.488 e. The maximum atomic E-state index is 11.1. The maximum absolute atomic E-state index is 11.1. The predicted octanol–water partition coefficient (Wildman–Crippen LogP) is 2.86. The first-order valence-electron chi connectivity index (χ1n) is 7.86. The van der Waals surface area contributed by atoms with Gasteiger partial charge in [-0.3, -0.25) is 4.79 Å². The molecule has 0 spiro atoms. The van der Waals surface area contributed by atoms with E-state index in [2.05, 4.69) is 43.3 Å². The number of amides is 1. The van der Waals surface area contributed by atoms with Gasteiger partial charge in [0.25, 0.3) is 0 Å². The highest BCUT2D eigenvalue weighted by atomic mass is 16.6. The Balaban J connectivity index is 1.63. The van der Waals surface area contributed by atoms with Gasteiger partial charge in [0.1, 0.15) is 18.0 Å². The molecule has 1 amide bonds. The topological polar surface area (TPSA) is 61.6 Å². The van der Waals surface area contributed by atoms with Crippen molar-refractivity contribution in [2.45, 2.75) is 31.5 Å². The van der Waals surface area contributed by atoms with Gasteiger partial charge >= 0.3 is 0 Å². The number of hydrogen-bond acceptors (Lipinski definition) is 3. The molecule has 0 saturated carbocycles. The molecule has 4 nitrogen and oxygen atoms in total. The second-order valence-corrected chi connectivity index (χ2v) is 5.90. The summed E-state index contributed by atoms with van der Waals surface area (Å²) < 4.78 is 11.2. The molecule has 1 heterocycles. The highest BCUT2D eigenvalue weighted by Gasteiger charge is 2.30. The molecule has 2 aromatic carbocycles. The third-order valence-corrected chi connectivity index (χ3v) is 4.26. The fraction of sp³-hybridized carbons (Fsp3) is 0.316. The summed E-state index contributed by atoms with van der Waals surface area (Å²) in [5.41, 5.74) is 7.77. The highest BCUT2D eigenvalue weighted by Crippen LogP contribution is 2.27. The lowest BCUT2D eigenvalue weighted by Crippen LogP contribution is -2.28. The Morgan fingerprint density at radius 1 is 1.13 bits per heavy atom. The van der Waals surface area contributed by atoms with E-state index in [1.165, 1.54) is 11.1 Å². The van der Waals surface area contributed by atoms with E-state index in [1.807, 2.05) is 18.2 Å². The average molecular weight is 311 g/mol. The summed E-state index contributed by atoms with van der Waals surface area (Å²) in [6.45, 7) is 2.59. The van der Waals surface area contributed by atoms with Crippen molar-refractivity contribution in [1.29, 1.82) is 0 Å². The number of ether oxygens (including phenoxy) is 2. The standard InChI is InChI=1S/C19H21NO3/c1-13(14-5-3-2-4-6-14)15-7-9-16(10-8-15)23-17-11-18(19(20)21)22-12-17/h2-10,13,17-18H,11-12H2,1H3,(H2,20,21). The van der Waals surface area contributed by atoms with Gasteiger partial charge in [-0.15, -0.1) is 0 Å². The zero-order valence-corrected chi connectivity index (χ0v) is 13.1. The van der Waals surface area contributed by atoms with Crippen molar-refractivity contribution >= 4 is 5.91 Å². The predicted molar refractivity (Wildman–Crippen MR) is 88.4 cm³/mol. The highest BCUT2D eigenvalue weighted by molar-refractivity contribution is 5.79. The average Bonchev–Trinajstić information content (AvgIpc) is 3.04. The third kappa shape index (κ3) is 3.71. The number of nitrogens with two attached hydrogens (primary N) is 1. The molecule has 2 N–H and O–H groups in total. The van der Waals surface area contributed by atoms with Crippen LogP contribution in [0, 0.1) is 0 Å². The molecule has 1 aliphatic rings. The minimum absolute atomic E-state index is 0.120. The fourth-order valence-electron chi connectivity index (χ4n) is 2.84. The van der Waals surface area contributed by atoms with Crippen molar-refractivity contribution in [1.82, 2.24) is 0 Å². The molecule has 23 heavy (non-hydrogen) atoms. The van der Waals surface area contributed by atoms with Crippen molar-refractivity contribution in [2.24, 2.45) is 5.73 Å². The molecule has 1 fully saturated rings. The van der Waals surface area contributed by atoms with Crippen LogP contribution < -0.4 is 10.5 Å². The number of rotatable bonds is 5. The summed E-state index contributed by atoms with van der Waals surface area (Å²) in [6, 6.07) is 18.5. The number of primary amides is 1. The van der Waals surface area contributed by atoms with Crippen molar-refractivity contribution in [3.63, 3.8) is 0 Å². The zero-order chi connectivity index (χ0) is 16.2. The minimum atomic E-state index is -0.530. The van der Waals surface area contributed by atoms with Gasteiger partial charge in [-0.05, 0) is 23.3 Å². The van der Waals surface area contributed by atoms with Gasteiger partial charge in [0.05, 0.1) is 6.61 Å². The molecule has 4 heteroatoms. The summed E-state index contributed by atoms with van der Waals surface area (Å²) in [5.74, 6) is 0.690. The van der Waals surface area contributed by atoms with Crippen LogP contribution in [0.4, 0.5) is 0 Å². The lowest BCUT2D eigenvalue weighted by molar-refractivity contribution is -0.126. The summed E-state index contributed by atoms with van der Waals surface area (Å²) in [5, 5.41) is 0. The molecule has 3 atom stereocenters. The van der Waals surface area contributed by atoms with Crippen LogP contribution in [0.25, 0.3) is 0 Å². The van der Waals surface area contributed by atoms with E-state index in [9.17, 15) is 4.79 Å². The van der Waals surface area contributed by atoms with Gasteiger partial charge in [-0.1, -0.05) is 49.4 Å². The Morgan fingerprint density at radius 3 is 2.39 bits per heavy atom. The molecule has 0 aromatic heterocycles. The molecule has 0 aliphatic carbocycles. The monoisotopic (exact) mass is 311 g/mol. The number of hydrogen-bond donors (Lipinski definition) is 1. The lowest BCUT2D eigenvalue weighted by atomic mass is 9.93. The van der Waals surface area contributed by atoms with Crippen LogP contribution in [0.15, 0.2) is 54.6 Å². The van der Waals surface area contributed by atoms with Gasteiger partial charge < -0.3 is 15.2 Å². The first kappa shape index (κ1) is 15.6. The van der Waals surface area contributed by atoms with Gasteiger partial charge in [0, 0.05) is 12.3 Å². The van der Waals surface area contributed by atoms with E-state index in [4.69, 9.17) is 15.2 Å². The molecule has 0 bridgehead atoms. The zero-order valence-electron chi connectivity index (χ0n) is 13.1. The normalized spacial score (nSPS) is 21.8. The Bertz CT molecular complexity index is 654. The molecular formula is C19H21NO3. The Labute approximate surface area is 136 Å². The smallest absolute Gasteiger partial charge is 0.246 e. The SMILES string of the molecule is CC(c1ccccc1)c1ccc(OC2COC(C(N)=O)C2)cc1. The van der Waals surface area contributed by atoms with Crippen molar-refractivity contribution in [2.75, 3.05) is 6.61 Å². The van der Waals surface area contributed by atoms with E-state index in [1.54, 1.807) is 0 Å². The van der Waals surface area contributed by atoms with Gasteiger partial charge in [-0.25, -0.2) is 0 Å².